The third kappa shape index (κ3) is 3.52. The van der Waals surface area contributed by atoms with Crippen LogP contribution in [0.25, 0.3) is 0 Å². The zero-order chi connectivity index (χ0) is 19.0. The predicted molar refractivity (Wildman–Crippen MR) is 87.4 cm³/mol. The lowest BCUT2D eigenvalue weighted by Gasteiger charge is -2.48. The van der Waals surface area contributed by atoms with Crippen molar-refractivity contribution in [2.45, 2.75) is 54.4 Å². The molecule has 2 saturated carbocycles. The molecule has 136 valence electrons. The summed E-state index contributed by atoms with van der Waals surface area (Å²) >= 11 is 0. The van der Waals surface area contributed by atoms with Crippen LogP contribution < -0.4 is 0 Å². The van der Waals surface area contributed by atoms with Crippen LogP contribution in [-0.4, -0.2) is 33.7 Å². The minimum atomic E-state index is -0.780. The average Bonchev–Trinajstić information content (AvgIpc) is 2.34. The predicted octanol–water partition coefficient (Wildman–Crippen LogP) is 2.64. The lowest BCUT2D eigenvalue weighted by molar-refractivity contribution is -0.163. The molecule has 2 aliphatic rings. The number of carboxylic acids is 2. The smallest absolute Gasteiger partial charge is 0.307 e. The summed E-state index contributed by atoms with van der Waals surface area (Å²) in [6, 6.07) is 0. The van der Waals surface area contributed by atoms with Gasteiger partial charge in [-0.15, -0.1) is 0 Å². The van der Waals surface area contributed by atoms with Gasteiger partial charge >= 0.3 is 11.9 Å². The molecule has 0 radical (unpaired) electrons. The van der Waals surface area contributed by atoms with Crippen molar-refractivity contribution in [1.29, 1.82) is 0 Å². The van der Waals surface area contributed by atoms with E-state index in [1.807, 2.05) is 27.7 Å². The number of carbonyl (C=O) groups excluding carboxylic acids is 2. The highest BCUT2D eigenvalue weighted by Gasteiger charge is 2.54. The van der Waals surface area contributed by atoms with Gasteiger partial charge in [-0.1, -0.05) is 27.7 Å². The van der Waals surface area contributed by atoms with Gasteiger partial charge in [0, 0.05) is 11.8 Å². The van der Waals surface area contributed by atoms with Gasteiger partial charge in [-0.2, -0.15) is 0 Å². The first kappa shape index (κ1) is 20.3. The molecule has 24 heavy (non-hydrogen) atoms. The van der Waals surface area contributed by atoms with Crippen molar-refractivity contribution in [3.63, 3.8) is 0 Å². The molecule has 0 heterocycles. The number of carboxylic acid groups (broad SMARTS) is 2. The van der Waals surface area contributed by atoms with E-state index in [9.17, 15) is 19.2 Å². The Morgan fingerprint density at radius 1 is 0.667 bits per heavy atom. The fraction of sp³-hybridized carbons (Fsp3) is 0.778. The van der Waals surface area contributed by atoms with Crippen molar-refractivity contribution in [2.24, 2.45) is 34.5 Å². The van der Waals surface area contributed by atoms with Crippen molar-refractivity contribution in [3.8, 4) is 0 Å². The van der Waals surface area contributed by atoms with E-state index in [2.05, 4.69) is 0 Å². The fourth-order valence-electron chi connectivity index (χ4n) is 4.07. The first-order valence-corrected chi connectivity index (χ1v) is 8.21. The summed E-state index contributed by atoms with van der Waals surface area (Å²) in [5.41, 5.74) is -0.699. The zero-order valence-electron chi connectivity index (χ0n) is 15.3. The summed E-state index contributed by atoms with van der Waals surface area (Å²) in [7, 11) is 0. The van der Waals surface area contributed by atoms with Gasteiger partial charge in [0.2, 0.25) is 0 Å². The Morgan fingerprint density at radius 2 is 0.917 bits per heavy atom. The van der Waals surface area contributed by atoms with Gasteiger partial charge in [-0.05, 0) is 37.5 Å². The van der Waals surface area contributed by atoms with Crippen molar-refractivity contribution in [1.82, 2.24) is 0 Å². The summed E-state index contributed by atoms with van der Waals surface area (Å²) in [5, 5.41) is 17.5. The van der Waals surface area contributed by atoms with Crippen molar-refractivity contribution in [3.05, 3.63) is 0 Å². The largest absolute Gasteiger partial charge is 0.481 e. The summed E-state index contributed by atoms with van der Waals surface area (Å²) in [5.74, 6) is -2.14. The number of rotatable bonds is 4. The highest BCUT2D eigenvalue weighted by molar-refractivity contribution is 5.85. The van der Waals surface area contributed by atoms with Gasteiger partial charge in [0.15, 0.2) is 0 Å². The van der Waals surface area contributed by atoms with Crippen LogP contribution in [0.15, 0.2) is 0 Å². The Balaban J connectivity index is 0.000000240. The van der Waals surface area contributed by atoms with Crippen LogP contribution >= 0.6 is 0 Å². The molecule has 2 N–H and O–H groups in total. The van der Waals surface area contributed by atoms with Gasteiger partial charge in [0.25, 0.3) is 0 Å². The molecule has 6 nitrogen and oxygen atoms in total. The van der Waals surface area contributed by atoms with Crippen LogP contribution in [-0.2, 0) is 19.2 Å². The normalized spacial score (nSPS) is 32.2. The Hall–Kier alpha value is -1.72. The van der Waals surface area contributed by atoms with Gasteiger partial charge in [0.1, 0.15) is 11.6 Å². The van der Waals surface area contributed by atoms with Crippen molar-refractivity contribution >= 4 is 23.5 Å². The number of aliphatic carboxylic acids is 2. The molecule has 0 saturated heterocycles. The summed E-state index contributed by atoms with van der Waals surface area (Å²) in [4.78, 5) is 43.3. The molecule has 0 bridgehead atoms. The minimum Gasteiger partial charge on any atom is -0.481 e. The highest BCUT2D eigenvalue weighted by atomic mass is 16.4. The maximum absolute atomic E-state index is 11.0. The third-order valence-corrected chi connectivity index (χ3v) is 6.11. The minimum absolute atomic E-state index is 0.0569. The lowest BCUT2D eigenvalue weighted by atomic mass is 9.53. The van der Waals surface area contributed by atoms with E-state index < -0.39 is 11.9 Å². The van der Waals surface area contributed by atoms with Crippen LogP contribution in [0.4, 0.5) is 0 Å². The first-order chi connectivity index (χ1) is 10.7. The Bertz CT molecular complexity index is 466. The number of carbonyl (C=O) groups is 4. The zero-order valence-corrected chi connectivity index (χ0v) is 15.3. The van der Waals surface area contributed by atoms with E-state index in [1.165, 1.54) is 13.8 Å². The third-order valence-electron chi connectivity index (χ3n) is 6.11. The molecule has 0 aromatic heterocycles. The molecule has 0 unspecified atom stereocenters. The summed E-state index contributed by atoms with van der Waals surface area (Å²) < 4.78 is 0. The number of hydrogen-bond donors (Lipinski definition) is 2. The second-order valence-corrected chi connectivity index (χ2v) is 8.22. The van der Waals surface area contributed by atoms with Gasteiger partial charge in [-0.3, -0.25) is 19.2 Å². The number of Topliss-reactive ketones (excluding diaryl/α,β-unsaturated/α-hetero) is 2. The second kappa shape index (κ2) is 6.65. The van der Waals surface area contributed by atoms with E-state index >= 15 is 0 Å². The standard InChI is InChI=1S/2C9H14O3/c2*1-5(10)6-4-7(8(11)12)9(6,2)3/h2*6-7H,4H2,1-3H3,(H,11,12)/t2*6-,7+/m10/s1. The Labute approximate surface area is 142 Å². The maximum atomic E-state index is 11.0. The van der Waals surface area contributed by atoms with Crippen LogP contribution in [0, 0.1) is 34.5 Å². The molecule has 4 atom stereocenters. The molecule has 0 spiro atoms. The molecule has 0 aromatic rings. The van der Waals surface area contributed by atoms with Crippen LogP contribution in [0.2, 0.25) is 0 Å². The van der Waals surface area contributed by atoms with Gasteiger partial charge in [0.05, 0.1) is 11.8 Å². The quantitative estimate of drug-likeness (QED) is 0.814. The van der Waals surface area contributed by atoms with Crippen molar-refractivity contribution in [2.75, 3.05) is 0 Å². The average molecular weight is 340 g/mol. The topological polar surface area (TPSA) is 109 Å². The SMILES string of the molecule is CC(=O)[C@@H]1C[C@H](C(=O)O)C1(C)C.CC(=O)[C@H]1C[C@@H](C(=O)O)C1(C)C. The second-order valence-electron chi connectivity index (χ2n) is 8.22. The van der Waals surface area contributed by atoms with Gasteiger partial charge < -0.3 is 10.2 Å². The fourth-order valence-corrected chi connectivity index (χ4v) is 4.07. The number of ketones is 2. The van der Waals surface area contributed by atoms with Crippen molar-refractivity contribution < 1.29 is 29.4 Å². The van der Waals surface area contributed by atoms with Crippen LogP contribution in [0.1, 0.15) is 54.4 Å². The van der Waals surface area contributed by atoms with Crippen LogP contribution in [0.5, 0.6) is 0 Å². The van der Waals surface area contributed by atoms with E-state index in [0.29, 0.717) is 12.8 Å². The molecule has 2 aliphatic carbocycles. The Morgan fingerprint density at radius 3 is 1.04 bits per heavy atom. The summed E-state index contributed by atoms with van der Waals surface area (Å²) in [6.45, 7) is 10.5. The lowest BCUT2D eigenvalue weighted by Crippen LogP contribution is -2.51. The molecule has 0 aromatic carbocycles. The Kier molecular flexibility index (Phi) is 5.63. The molecular formula is C18H28O6. The van der Waals surface area contributed by atoms with E-state index in [1.54, 1.807) is 0 Å². The summed E-state index contributed by atoms with van der Waals surface area (Å²) in [6.07, 6.45) is 1.02. The molecule has 0 aliphatic heterocycles. The van der Waals surface area contributed by atoms with E-state index in [0.717, 1.165) is 0 Å². The van der Waals surface area contributed by atoms with E-state index in [-0.39, 0.29) is 46.1 Å². The van der Waals surface area contributed by atoms with E-state index in [4.69, 9.17) is 10.2 Å². The molecule has 2 rings (SSSR count). The number of hydrogen-bond acceptors (Lipinski definition) is 4. The molecule has 0 amide bonds. The molecule has 2 fully saturated rings. The molecule has 6 heteroatoms. The monoisotopic (exact) mass is 340 g/mol. The first-order valence-electron chi connectivity index (χ1n) is 8.21. The van der Waals surface area contributed by atoms with Crippen LogP contribution in [0.3, 0.4) is 0 Å². The van der Waals surface area contributed by atoms with Gasteiger partial charge in [-0.25, -0.2) is 0 Å². The molecular weight excluding hydrogens is 312 g/mol. The highest BCUT2D eigenvalue weighted by Crippen LogP contribution is 2.52. The maximum Gasteiger partial charge on any atom is 0.307 e.